The summed E-state index contributed by atoms with van der Waals surface area (Å²) < 4.78 is 360. The fraction of sp³-hybridized carbons (Fsp3) is 0.833. The fourth-order valence-corrected chi connectivity index (χ4v) is 4.39. The third-order valence-electron chi connectivity index (χ3n) is 6.17. The van der Waals surface area contributed by atoms with Crippen LogP contribution in [0.4, 0.5) is 132 Å². The Hall–Kier alpha value is -1.16. The van der Waals surface area contributed by atoms with Crippen LogP contribution in [0, 0.1) is 11.8 Å². The Bertz CT molecular complexity index is 1100. The molecule has 0 heterocycles. The Balaban J connectivity index is -0.000000354. The van der Waals surface area contributed by atoms with Crippen LogP contribution in [-0.2, 0) is 0 Å². The minimum atomic E-state index is -6.50. The predicted octanol–water partition coefficient (Wildman–Crippen LogP) is 15.2. The van der Waals surface area contributed by atoms with Crippen molar-refractivity contribution >= 4 is 45.2 Å². The Morgan fingerprint density at radius 1 is 0.393 bits per heavy atom. The van der Waals surface area contributed by atoms with Gasteiger partial charge in [0, 0.05) is 23.7 Å². The molecule has 0 saturated carbocycles. The molecule has 0 aromatic rings. The Labute approximate surface area is 320 Å². The van der Waals surface area contributed by atoms with Gasteiger partial charge in [-0.1, -0.05) is 51.3 Å². The predicted molar refractivity (Wildman–Crippen MR) is 150 cm³/mol. The van der Waals surface area contributed by atoms with E-state index < -0.39 is 114 Å². The summed E-state index contributed by atoms with van der Waals surface area (Å²) in [5, 5.41) is 0. The van der Waals surface area contributed by atoms with E-state index in [1.807, 2.05) is 0 Å². The summed E-state index contributed by atoms with van der Waals surface area (Å²) in [6, 6.07) is 0. The molecule has 0 radical (unpaired) electrons. The van der Waals surface area contributed by atoms with Gasteiger partial charge in [0.15, 0.2) is 0 Å². The molecule has 0 aromatic carbocycles. The zero-order chi connectivity index (χ0) is 47.0. The highest BCUT2D eigenvalue weighted by atomic mass is 127. The van der Waals surface area contributed by atoms with Crippen molar-refractivity contribution in [3.05, 3.63) is 25.8 Å². The van der Waals surface area contributed by atoms with E-state index in [0.717, 1.165) is 0 Å². The highest BCUT2D eigenvalue weighted by Gasteiger charge is 2.76. The molecule has 3 atom stereocenters. The lowest BCUT2D eigenvalue weighted by Gasteiger charge is -2.33. The van der Waals surface area contributed by atoms with Crippen molar-refractivity contribution in [3.8, 4) is 0 Å². The van der Waals surface area contributed by atoms with Gasteiger partial charge in [-0.05, 0) is 6.42 Å². The van der Waals surface area contributed by atoms with Crippen molar-refractivity contribution in [3.63, 3.8) is 0 Å². The Morgan fingerprint density at radius 2 is 0.643 bits per heavy atom. The third-order valence-corrected chi connectivity index (χ3v) is 7.94. The second kappa shape index (κ2) is 20.4. The molecule has 0 aliphatic heterocycles. The van der Waals surface area contributed by atoms with Gasteiger partial charge in [-0.3, -0.25) is 0 Å². The average molecular weight is 1130 g/mol. The van der Waals surface area contributed by atoms with Crippen LogP contribution in [0.2, 0.25) is 0 Å². The molecule has 0 fully saturated rings. The summed E-state index contributed by atoms with van der Waals surface area (Å²) in [4.78, 5) is 0. The second-order valence-corrected chi connectivity index (χ2v) is 12.7. The first kappa shape index (κ1) is 61.5. The minimum Gasteiger partial charge on any atom is -0.224 e. The molecule has 0 amide bonds. The standard InChI is InChI=1S/C8H7F10I.C8H6F10.C6H3F10I.C2H4/c9-5(7(13,14)15,8(16,17)18)3-4(1-2-19)6(10,11)12;1-2-4(6(10,11)12)3-5(9,7(13,14)15)8(16,17)18;7-3(5(11,12)13,6(14,15)16)1-2(17)4(8,9)10;1-2/h4H,1-3H2;2,4H,1,3H2;2H,1H2;1-2H2. The molecule has 0 aromatic heterocycles. The highest BCUT2D eigenvalue weighted by Crippen LogP contribution is 2.54. The highest BCUT2D eigenvalue weighted by molar-refractivity contribution is 14.1. The molecule has 0 aliphatic rings. The van der Waals surface area contributed by atoms with Crippen LogP contribution < -0.4 is 0 Å². The lowest BCUT2D eigenvalue weighted by Crippen LogP contribution is -2.55. The van der Waals surface area contributed by atoms with E-state index in [9.17, 15) is 132 Å². The number of allylic oxidation sites excluding steroid dienone is 1. The Kier molecular flexibility index (Phi) is 22.4. The smallest absolute Gasteiger partial charge is 0.224 e. The first-order valence-corrected chi connectivity index (χ1v) is 15.7. The van der Waals surface area contributed by atoms with Crippen molar-refractivity contribution in [1.29, 1.82) is 0 Å². The van der Waals surface area contributed by atoms with E-state index in [2.05, 4.69) is 19.7 Å². The molecule has 56 heavy (non-hydrogen) atoms. The quantitative estimate of drug-likeness (QED) is 0.0934. The van der Waals surface area contributed by atoms with Gasteiger partial charge in [0.25, 0.3) is 11.3 Å². The summed E-state index contributed by atoms with van der Waals surface area (Å²) >= 11 is 1.64. The van der Waals surface area contributed by atoms with E-state index in [4.69, 9.17) is 0 Å². The van der Waals surface area contributed by atoms with Crippen LogP contribution >= 0.6 is 45.2 Å². The summed E-state index contributed by atoms with van der Waals surface area (Å²) in [6.45, 7) is 8.45. The third kappa shape index (κ3) is 17.2. The van der Waals surface area contributed by atoms with Crippen LogP contribution in [0.15, 0.2) is 25.8 Å². The number of hydrogen-bond acceptors (Lipinski definition) is 0. The van der Waals surface area contributed by atoms with Gasteiger partial charge >= 0.3 is 61.3 Å². The Morgan fingerprint density at radius 3 is 0.821 bits per heavy atom. The molecule has 3 unspecified atom stereocenters. The number of halogens is 32. The zero-order valence-corrected chi connectivity index (χ0v) is 30.4. The van der Waals surface area contributed by atoms with E-state index in [0.29, 0.717) is 0 Å². The first-order chi connectivity index (χ1) is 24.0. The van der Waals surface area contributed by atoms with Crippen molar-refractivity contribution < 1.29 is 132 Å². The monoisotopic (exact) mass is 1130 g/mol. The SMILES string of the molecule is C=C.C=CC(CC(F)(C(F)(F)F)C(F)(F)F)C(F)(F)F.FC(F)(F)C(CCI)CC(F)(C(F)(F)F)C(F)(F)F.FC(F)(F)C(I)CC(F)(C(F)(F)F)C(F)(F)F. The van der Waals surface area contributed by atoms with Gasteiger partial charge in [-0.2, -0.15) is 119 Å². The number of hydrogen-bond donors (Lipinski definition) is 0. The fourth-order valence-electron chi connectivity index (χ4n) is 3.03. The molecule has 0 bridgehead atoms. The largest absolute Gasteiger partial charge is 0.431 e. The van der Waals surface area contributed by atoms with Crippen molar-refractivity contribution in [2.75, 3.05) is 4.43 Å². The summed E-state index contributed by atoms with van der Waals surface area (Å²) in [5.74, 6) is -6.27. The van der Waals surface area contributed by atoms with E-state index in [1.165, 1.54) is 22.6 Å². The second-order valence-electron chi connectivity index (χ2n) is 10.1. The van der Waals surface area contributed by atoms with Gasteiger partial charge in [-0.25, -0.2) is 13.2 Å². The molecule has 0 spiro atoms. The lowest BCUT2D eigenvalue weighted by atomic mass is 9.88. The van der Waals surface area contributed by atoms with Crippen LogP contribution in [0.5, 0.6) is 0 Å². The molecule has 340 valence electrons. The van der Waals surface area contributed by atoms with Crippen LogP contribution in [0.1, 0.15) is 25.7 Å². The molecular weight excluding hydrogens is 1110 g/mol. The van der Waals surface area contributed by atoms with E-state index in [1.54, 1.807) is 0 Å². The minimum absolute atomic E-state index is 0.203. The molecule has 0 saturated heterocycles. The van der Waals surface area contributed by atoms with Gasteiger partial charge in [0.1, 0.15) is 3.92 Å². The molecule has 32 heteroatoms. The van der Waals surface area contributed by atoms with Gasteiger partial charge in [0.05, 0.1) is 11.8 Å². The molecule has 0 nitrogen and oxygen atoms in total. The first-order valence-electron chi connectivity index (χ1n) is 13.0. The summed E-state index contributed by atoms with van der Waals surface area (Å²) in [7, 11) is 0. The maximum Gasteiger partial charge on any atom is 0.431 e. The molecule has 0 N–H and O–H groups in total. The van der Waals surface area contributed by atoms with Crippen molar-refractivity contribution in [2.45, 2.75) is 102 Å². The zero-order valence-electron chi connectivity index (χ0n) is 26.1. The van der Waals surface area contributed by atoms with Crippen LogP contribution in [0.3, 0.4) is 0 Å². The maximum absolute atomic E-state index is 13.2. The normalized spacial score (nSPS) is 16.2. The summed E-state index contributed by atoms with van der Waals surface area (Å²) in [6.07, 6.45) is -64.5. The van der Waals surface area contributed by atoms with Crippen LogP contribution in [0.25, 0.3) is 0 Å². The maximum atomic E-state index is 13.2. The number of rotatable bonds is 9. The number of alkyl halides is 32. The van der Waals surface area contributed by atoms with Crippen LogP contribution in [-0.4, -0.2) is 80.9 Å². The lowest BCUT2D eigenvalue weighted by molar-refractivity contribution is -0.352. The molecule has 0 rings (SSSR count). The average Bonchev–Trinajstić information content (AvgIpc) is 2.91. The van der Waals surface area contributed by atoms with Crippen molar-refractivity contribution in [1.82, 2.24) is 0 Å². The van der Waals surface area contributed by atoms with Gasteiger partial charge in [-0.15, -0.1) is 19.7 Å². The van der Waals surface area contributed by atoms with Gasteiger partial charge < -0.3 is 0 Å². The summed E-state index contributed by atoms with van der Waals surface area (Å²) in [5.41, 5.74) is -17.7. The van der Waals surface area contributed by atoms with E-state index >= 15 is 0 Å². The van der Waals surface area contributed by atoms with Crippen molar-refractivity contribution in [2.24, 2.45) is 11.8 Å². The topological polar surface area (TPSA) is 0 Å². The molecule has 0 aliphatic carbocycles. The van der Waals surface area contributed by atoms with Gasteiger partial charge in [0.2, 0.25) is 0 Å². The molecular formula is C24H20F30I2. The van der Waals surface area contributed by atoms with E-state index in [-0.39, 0.29) is 33.1 Å².